The number of carbonyl (C=O) groups is 1. The maximum atomic E-state index is 11.0. The van der Waals surface area contributed by atoms with Crippen LogP contribution in [0.15, 0.2) is 36.4 Å². The van der Waals surface area contributed by atoms with Gasteiger partial charge in [-0.05, 0) is 43.2 Å². The van der Waals surface area contributed by atoms with E-state index in [1.54, 1.807) is 12.1 Å². The molecule has 9 heteroatoms. The molecule has 4 N–H and O–H groups in total. The van der Waals surface area contributed by atoms with Crippen LogP contribution in [0.2, 0.25) is 5.02 Å². The van der Waals surface area contributed by atoms with E-state index in [1.165, 1.54) is 12.1 Å². The van der Waals surface area contributed by atoms with E-state index in [4.69, 9.17) is 30.9 Å². The first-order valence-corrected chi connectivity index (χ1v) is 9.85. The quantitative estimate of drug-likeness (QED) is 0.472. The molecule has 3 rings (SSSR count). The number of ether oxygens (including phenoxy) is 3. The van der Waals surface area contributed by atoms with Gasteiger partial charge in [0, 0.05) is 24.2 Å². The van der Waals surface area contributed by atoms with E-state index in [0.29, 0.717) is 24.5 Å². The fraction of sp³-hybridized carbons (Fsp3) is 0.381. The molecule has 2 aromatic carbocycles. The van der Waals surface area contributed by atoms with Crippen LogP contribution >= 0.6 is 11.6 Å². The molecular weight excluding hydrogens is 414 g/mol. The van der Waals surface area contributed by atoms with E-state index in [0.717, 1.165) is 11.1 Å². The maximum absolute atomic E-state index is 11.0. The molecular formula is C21H24ClNO7. The predicted molar refractivity (Wildman–Crippen MR) is 109 cm³/mol. The molecule has 0 saturated carbocycles. The summed E-state index contributed by atoms with van der Waals surface area (Å²) in [4.78, 5) is 11.0. The van der Waals surface area contributed by atoms with Crippen LogP contribution in [0.3, 0.4) is 0 Å². The number of hydrogen-bond donors (Lipinski definition) is 4. The minimum absolute atomic E-state index is 0.0259. The number of phenolic OH excluding ortho intramolecular Hbond substituents is 1. The van der Waals surface area contributed by atoms with Gasteiger partial charge in [-0.3, -0.25) is 0 Å². The van der Waals surface area contributed by atoms with E-state index < -0.39 is 18.4 Å². The van der Waals surface area contributed by atoms with Crippen LogP contribution in [0, 0.1) is 0 Å². The lowest BCUT2D eigenvalue weighted by Crippen LogP contribution is -2.37. The lowest BCUT2D eigenvalue weighted by molar-refractivity contribution is -0.177. The molecule has 1 aliphatic heterocycles. The van der Waals surface area contributed by atoms with Crippen molar-refractivity contribution in [3.8, 4) is 17.2 Å². The van der Waals surface area contributed by atoms with Crippen LogP contribution in [0.1, 0.15) is 18.1 Å². The molecule has 0 aliphatic carbocycles. The van der Waals surface area contributed by atoms with Gasteiger partial charge in [0.1, 0.15) is 30.0 Å². The number of carboxylic acids is 1. The average molecular weight is 438 g/mol. The number of aliphatic carboxylic acids is 1. The Morgan fingerprint density at radius 3 is 2.87 bits per heavy atom. The Labute approximate surface area is 179 Å². The van der Waals surface area contributed by atoms with Crippen molar-refractivity contribution >= 4 is 17.6 Å². The van der Waals surface area contributed by atoms with Crippen molar-refractivity contribution in [2.75, 3.05) is 13.2 Å². The molecule has 0 unspecified atom stereocenters. The fourth-order valence-corrected chi connectivity index (χ4v) is 3.19. The lowest BCUT2D eigenvalue weighted by atomic mass is 10.0. The number of phenols is 1. The van der Waals surface area contributed by atoms with Crippen LogP contribution in [0.5, 0.6) is 17.2 Å². The number of carboxylic acid groups (broad SMARTS) is 1. The Morgan fingerprint density at radius 2 is 2.13 bits per heavy atom. The third-order valence-corrected chi connectivity index (χ3v) is 4.86. The van der Waals surface area contributed by atoms with Crippen LogP contribution in [-0.4, -0.2) is 52.9 Å². The number of fused-ring (bicyclic) bond motifs is 1. The standard InChI is InChI=1S/C21H24ClNO7/c1-12(23-9-15(24)11-28-16-3-4-18(25)17(22)8-16)6-13-2-5-19-14(7-13)10-29-21(30-19)20(26)27/h2-5,7-8,12,15,21,23-25H,6,9-11H2,1H3,(H,26,27)/t12-,15+,21-/m1/s1. The summed E-state index contributed by atoms with van der Waals surface area (Å²) in [5.74, 6) is -0.200. The predicted octanol–water partition coefficient (Wildman–Crippen LogP) is 2.33. The number of aliphatic hydroxyl groups excluding tert-OH is 1. The second kappa shape index (κ2) is 9.99. The normalized spacial score (nSPS) is 17.5. The first kappa shape index (κ1) is 22.2. The molecule has 0 bridgehead atoms. The monoisotopic (exact) mass is 437 g/mol. The van der Waals surface area contributed by atoms with Gasteiger partial charge in [0.05, 0.1) is 11.6 Å². The highest BCUT2D eigenvalue weighted by Crippen LogP contribution is 2.28. The molecule has 3 atom stereocenters. The highest BCUT2D eigenvalue weighted by Gasteiger charge is 2.26. The second-order valence-corrected chi connectivity index (χ2v) is 7.54. The van der Waals surface area contributed by atoms with Crippen molar-refractivity contribution in [3.63, 3.8) is 0 Å². The van der Waals surface area contributed by atoms with Gasteiger partial charge in [-0.2, -0.15) is 0 Å². The van der Waals surface area contributed by atoms with E-state index >= 15 is 0 Å². The zero-order chi connectivity index (χ0) is 21.7. The zero-order valence-corrected chi connectivity index (χ0v) is 17.1. The van der Waals surface area contributed by atoms with Crippen LogP contribution in [-0.2, 0) is 22.6 Å². The summed E-state index contributed by atoms with van der Waals surface area (Å²) in [6, 6.07) is 10.1. The number of aromatic hydroxyl groups is 1. The number of rotatable bonds is 9. The summed E-state index contributed by atoms with van der Waals surface area (Å²) in [6.07, 6.45) is -1.29. The summed E-state index contributed by atoms with van der Waals surface area (Å²) in [6.45, 7) is 2.60. The number of halogens is 1. The van der Waals surface area contributed by atoms with Gasteiger partial charge in [-0.25, -0.2) is 4.79 Å². The summed E-state index contributed by atoms with van der Waals surface area (Å²) in [5, 5.41) is 31.9. The number of benzene rings is 2. The topological polar surface area (TPSA) is 117 Å². The second-order valence-electron chi connectivity index (χ2n) is 7.13. The van der Waals surface area contributed by atoms with E-state index in [2.05, 4.69) is 5.32 Å². The molecule has 1 aliphatic rings. The van der Waals surface area contributed by atoms with Crippen LogP contribution in [0.25, 0.3) is 0 Å². The number of aliphatic hydroxyl groups is 1. The van der Waals surface area contributed by atoms with E-state index in [1.807, 2.05) is 19.1 Å². The summed E-state index contributed by atoms with van der Waals surface area (Å²) < 4.78 is 16.0. The molecule has 2 aromatic rings. The SMILES string of the molecule is C[C@H](Cc1ccc2c(c1)CO[C@@H](C(=O)O)O2)NC[C@H](O)COc1ccc(O)c(Cl)c1. The highest BCUT2D eigenvalue weighted by atomic mass is 35.5. The Kier molecular flexibility index (Phi) is 7.38. The third kappa shape index (κ3) is 5.99. The number of hydrogen-bond acceptors (Lipinski definition) is 7. The fourth-order valence-electron chi connectivity index (χ4n) is 3.02. The molecule has 0 radical (unpaired) electrons. The molecule has 0 saturated heterocycles. The van der Waals surface area contributed by atoms with Gasteiger partial charge < -0.3 is 34.8 Å². The molecule has 1 heterocycles. The first-order valence-electron chi connectivity index (χ1n) is 9.47. The zero-order valence-electron chi connectivity index (χ0n) is 16.4. The van der Waals surface area contributed by atoms with Gasteiger partial charge in [0.2, 0.25) is 0 Å². The average Bonchev–Trinajstić information content (AvgIpc) is 2.72. The van der Waals surface area contributed by atoms with E-state index in [9.17, 15) is 15.0 Å². The van der Waals surface area contributed by atoms with Gasteiger partial charge >= 0.3 is 5.97 Å². The molecule has 0 fully saturated rings. The smallest absolute Gasteiger partial charge is 0.373 e. The van der Waals surface area contributed by atoms with Crippen molar-refractivity contribution in [2.24, 2.45) is 0 Å². The lowest BCUT2D eigenvalue weighted by Gasteiger charge is -2.24. The molecule has 162 valence electrons. The van der Waals surface area contributed by atoms with Gasteiger partial charge in [-0.15, -0.1) is 0 Å². The molecule has 30 heavy (non-hydrogen) atoms. The van der Waals surface area contributed by atoms with Gasteiger partial charge in [-0.1, -0.05) is 17.7 Å². The Hall–Kier alpha value is -2.52. The highest BCUT2D eigenvalue weighted by molar-refractivity contribution is 6.32. The van der Waals surface area contributed by atoms with Crippen molar-refractivity contribution < 1.29 is 34.3 Å². The largest absolute Gasteiger partial charge is 0.506 e. The summed E-state index contributed by atoms with van der Waals surface area (Å²) in [5.41, 5.74) is 1.84. The third-order valence-electron chi connectivity index (χ3n) is 4.56. The minimum atomic E-state index is -1.27. The van der Waals surface area contributed by atoms with Crippen molar-refractivity contribution in [3.05, 3.63) is 52.5 Å². The maximum Gasteiger partial charge on any atom is 0.373 e. The molecule has 8 nitrogen and oxygen atoms in total. The van der Waals surface area contributed by atoms with Gasteiger partial charge in [0.25, 0.3) is 6.29 Å². The van der Waals surface area contributed by atoms with Crippen molar-refractivity contribution in [2.45, 2.75) is 38.4 Å². The number of nitrogens with one attached hydrogen (secondary N) is 1. The van der Waals surface area contributed by atoms with Crippen LogP contribution in [0.4, 0.5) is 0 Å². The van der Waals surface area contributed by atoms with Crippen molar-refractivity contribution in [1.82, 2.24) is 5.32 Å². The van der Waals surface area contributed by atoms with Crippen molar-refractivity contribution in [1.29, 1.82) is 0 Å². The Bertz CT molecular complexity index is 892. The summed E-state index contributed by atoms with van der Waals surface area (Å²) in [7, 11) is 0. The Balaban J connectivity index is 1.43. The Morgan fingerprint density at radius 1 is 1.33 bits per heavy atom. The van der Waals surface area contributed by atoms with Crippen LogP contribution < -0.4 is 14.8 Å². The molecule has 0 spiro atoms. The molecule has 0 aromatic heterocycles. The summed E-state index contributed by atoms with van der Waals surface area (Å²) >= 11 is 5.83. The van der Waals surface area contributed by atoms with Gasteiger partial charge in [0.15, 0.2) is 0 Å². The van der Waals surface area contributed by atoms with E-state index in [-0.39, 0.29) is 30.0 Å². The first-order chi connectivity index (χ1) is 14.3. The molecule has 0 amide bonds. The minimum Gasteiger partial charge on any atom is -0.506 e.